The number of aromatic amines is 1. The molecule has 0 saturated carbocycles. The van der Waals surface area contributed by atoms with Crippen LogP contribution in [-0.2, 0) is 17.6 Å². The van der Waals surface area contributed by atoms with Crippen molar-refractivity contribution in [2.75, 3.05) is 0 Å². The van der Waals surface area contributed by atoms with Crippen LogP contribution in [0, 0.1) is 0 Å². The molecule has 1 heterocycles. The zero-order valence-corrected chi connectivity index (χ0v) is 15.5. The van der Waals surface area contributed by atoms with Gasteiger partial charge in [-0.15, -0.1) is 0 Å². The zero-order chi connectivity index (χ0) is 17.2. The van der Waals surface area contributed by atoms with Crippen LogP contribution in [0.15, 0.2) is 59.2 Å². The van der Waals surface area contributed by atoms with E-state index < -0.39 is 0 Å². The van der Waals surface area contributed by atoms with Gasteiger partial charge in [0.15, 0.2) is 0 Å². The molecule has 3 nitrogen and oxygen atoms in total. The first-order valence-corrected chi connectivity index (χ1v) is 8.83. The minimum Gasteiger partial charge on any atom is -0.361 e. The molecular weight excluding hydrogens is 364 g/mol. The van der Waals surface area contributed by atoms with Crippen molar-refractivity contribution in [3.8, 4) is 0 Å². The standard InChI is InChI=1S/C20H21BrN2O/c1-20(2,12-15-13-22-18-6-4-3-5-17(15)18)23-19(24)11-14-7-9-16(21)10-8-14/h3-10,13,22H,11-12H2,1-2H3,(H,23,24). The molecule has 1 amide bonds. The van der Waals surface area contributed by atoms with E-state index in [4.69, 9.17) is 0 Å². The summed E-state index contributed by atoms with van der Waals surface area (Å²) in [5, 5.41) is 4.37. The normalized spacial score (nSPS) is 11.6. The van der Waals surface area contributed by atoms with E-state index in [0.717, 1.165) is 22.0 Å². The molecule has 0 spiro atoms. The number of benzene rings is 2. The molecule has 0 aliphatic rings. The maximum absolute atomic E-state index is 12.4. The van der Waals surface area contributed by atoms with E-state index in [1.54, 1.807) is 0 Å². The van der Waals surface area contributed by atoms with Gasteiger partial charge in [-0.25, -0.2) is 0 Å². The number of aromatic nitrogens is 1. The zero-order valence-electron chi connectivity index (χ0n) is 13.9. The third-order valence-corrected chi connectivity index (χ3v) is 4.59. The molecule has 0 saturated heterocycles. The largest absolute Gasteiger partial charge is 0.361 e. The highest BCUT2D eigenvalue weighted by Gasteiger charge is 2.22. The summed E-state index contributed by atoms with van der Waals surface area (Å²) in [7, 11) is 0. The highest BCUT2D eigenvalue weighted by Crippen LogP contribution is 2.22. The second kappa shape index (κ2) is 6.81. The van der Waals surface area contributed by atoms with Crippen LogP contribution in [0.5, 0.6) is 0 Å². The van der Waals surface area contributed by atoms with Crippen LogP contribution in [0.3, 0.4) is 0 Å². The molecule has 0 unspecified atom stereocenters. The molecule has 124 valence electrons. The van der Waals surface area contributed by atoms with Gasteiger partial charge < -0.3 is 10.3 Å². The lowest BCUT2D eigenvalue weighted by Gasteiger charge is -2.26. The van der Waals surface area contributed by atoms with Gasteiger partial charge in [0.05, 0.1) is 6.42 Å². The molecule has 24 heavy (non-hydrogen) atoms. The molecule has 3 aromatic rings. The van der Waals surface area contributed by atoms with E-state index in [-0.39, 0.29) is 11.4 Å². The number of nitrogens with one attached hydrogen (secondary N) is 2. The minimum absolute atomic E-state index is 0.0437. The predicted octanol–water partition coefficient (Wildman–Crippen LogP) is 4.61. The highest BCUT2D eigenvalue weighted by molar-refractivity contribution is 9.10. The van der Waals surface area contributed by atoms with E-state index in [9.17, 15) is 4.79 Å². The fourth-order valence-corrected chi connectivity index (χ4v) is 3.27. The van der Waals surface area contributed by atoms with Crippen molar-refractivity contribution >= 4 is 32.7 Å². The Balaban J connectivity index is 1.66. The van der Waals surface area contributed by atoms with Gasteiger partial charge in [0.2, 0.25) is 5.91 Å². The van der Waals surface area contributed by atoms with Gasteiger partial charge in [-0.2, -0.15) is 0 Å². The van der Waals surface area contributed by atoms with Crippen LogP contribution in [-0.4, -0.2) is 16.4 Å². The number of para-hydroxylation sites is 1. The fourth-order valence-electron chi connectivity index (χ4n) is 3.01. The number of amides is 1. The number of H-pyrrole nitrogens is 1. The third-order valence-electron chi connectivity index (χ3n) is 4.06. The molecule has 1 aromatic heterocycles. The molecule has 0 radical (unpaired) electrons. The van der Waals surface area contributed by atoms with Crippen molar-refractivity contribution in [1.82, 2.24) is 10.3 Å². The number of halogens is 1. The summed E-state index contributed by atoms with van der Waals surface area (Å²) >= 11 is 3.41. The van der Waals surface area contributed by atoms with Crippen LogP contribution in [0.25, 0.3) is 10.9 Å². The molecule has 0 bridgehead atoms. The Bertz CT molecular complexity index is 849. The Labute approximate surface area is 150 Å². The average molecular weight is 385 g/mol. The molecular formula is C20H21BrN2O. The Morgan fingerprint density at radius 3 is 2.58 bits per heavy atom. The number of hydrogen-bond acceptors (Lipinski definition) is 1. The Morgan fingerprint density at radius 2 is 1.83 bits per heavy atom. The van der Waals surface area contributed by atoms with Crippen molar-refractivity contribution in [3.63, 3.8) is 0 Å². The van der Waals surface area contributed by atoms with E-state index in [0.29, 0.717) is 6.42 Å². The topological polar surface area (TPSA) is 44.9 Å². The summed E-state index contributed by atoms with van der Waals surface area (Å²) in [5.41, 5.74) is 3.06. The maximum atomic E-state index is 12.4. The summed E-state index contributed by atoms with van der Waals surface area (Å²) in [6.45, 7) is 4.13. The molecule has 0 aliphatic carbocycles. The van der Waals surface area contributed by atoms with Crippen LogP contribution in [0.4, 0.5) is 0 Å². The van der Waals surface area contributed by atoms with Gasteiger partial charge in [-0.3, -0.25) is 4.79 Å². The summed E-state index contributed by atoms with van der Waals surface area (Å²) in [6, 6.07) is 16.1. The fraction of sp³-hybridized carbons (Fsp3) is 0.250. The van der Waals surface area contributed by atoms with E-state index in [2.05, 4.69) is 52.2 Å². The van der Waals surface area contributed by atoms with Crippen molar-refractivity contribution < 1.29 is 4.79 Å². The lowest BCUT2D eigenvalue weighted by atomic mass is 9.94. The van der Waals surface area contributed by atoms with Gasteiger partial charge in [-0.05, 0) is 49.6 Å². The Morgan fingerprint density at radius 1 is 1.12 bits per heavy atom. The number of fused-ring (bicyclic) bond motifs is 1. The lowest BCUT2D eigenvalue weighted by Crippen LogP contribution is -2.45. The smallest absolute Gasteiger partial charge is 0.224 e. The van der Waals surface area contributed by atoms with Crippen molar-refractivity contribution in [1.29, 1.82) is 0 Å². The SMILES string of the molecule is CC(C)(Cc1c[nH]c2ccccc12)NC(=O)Cc1ccc(Br)cc1. The number of rotatable bonds is 5. The first kappa shape index (κ1) is 16.8. The van der Waals surface area contributed by atoms with Gasteiger partial charge in [-0.1, -0.05) is 46.3 Å². The summed E-state index contributed by atoms with van der Waals surface area (Å²) in [4.78, 5) is 15.7. The predicted molar refractivity (Wildman–Crippen MR) is 102 cm³/mol. The number of carbonyl (C=O) groups is 1. The summed E-state index contributed by atoms with van der Waals surface area (Å²) < 4.78 is 1.02. The highest BCUT2D eigenvalue weighted by atomic mass is 79.9. The first-order chi connectivity index (χ1) is 11.4. The number of hydrogen-bond donors (Lipinski definition) is 2. The third kappa shape index (κ3) is 4.06. The monoisotopic (exact) mass is 384 g/mol. The maximum Gasteiger partial charge on any atom is 0.224 e. The second-order valence-corrected chi connectivity index (χ2v) is 7.69. The van der Waals surface area contributed by atoms with Crippen molar-refractivity contribution in [3.05, 3.63) is 70.3 Å². The average Bonchev–Trinajstić information content (AvgIpc) is 2.91. The van der Waals surface area contributed by atoms with Crippen LogP contribution >= 0.6 is 15.9 Å². The Kier molecular flexibility index (Phi) is 4.76. The van der Waals surface area contributed by atoms with Gasteiger partial charge >= 0.3 is 0 Å². The molecule has 0 atom stereocenters. The molecule has 0 fully saturated rings. The molecule has 4 heteroatoms. The second-order valence-electron chi connectivity index (χ2n) is 6.77. The summed E-state index contributed by atoms with van der Waals surface area (Å²) in [6.07, 6.45) is 3.21. The van der Waals surface area contributed by atoms with E-state index in [1.165, 1.54) is 10.9 Å². The summed E-state index contributed by atoms with van der Waals surface area (Å²) in [5.74, 6) is 0.0437. The van der Waals surface area contributed by atoms with Crippen LogP contribution < -0.4 is 5.32 Å². The van der Waals surface area contributed by atoms with Gasteiger partial charge in [0, 0.05) is 27.1 Å². The Hall–Kier alpha value is -2.07. The van der Waals surface area contributed by atoms with Crippen molar-refractivity contribution in [2.24, 2.45) is 0 Å². The van der Waals surface area contributed by atoms with Gasteiger partial charge in [0.25, 0.3) is 0 Å². The quantitative estimate of drug-likeness (QED) is 0.662. The minimum atomic E-state index is -0.308. The lowest BCUT2D eigenvalue weighted by molar-refractivity contribution is -0.122. The van der Waals surface area contributed by atoms with Gasteiger partial charge in [0.1, 0.15) is 0 Å². The first-order valence-electron chi connectivity index (χ1n) is 8.03. The number of carbonyl (C=O) groups excluding carboxylic acids is 1. The molecule has 2 N–H and O–H groups in total. The molecule has 2 aromatic carbocycles. The molecule has 0 aliphatic heterocycles. The van der Waals surface area contributed by atoms with Crippen molar-refractivity contribution in [2.45, 2.75) is 32.2 Å². The van der Waals surface area contributed by atoms with Crippen LogP contribution in [0.1, 0.15) is 25.0 Å². The van der Waals surface area contributed by atoms with E-state index in [1.807, 2.05) is 42.6 Å². The molecule has 3 rings (SSSR count). The van der Waals surface area contributed by atoms with E-state index >= 15 is 0 Å². The van der Waals surface area contributed by atoms with Crippen LogP contribution in [0.2, 0.25) is 0 Å².